The van der Waals surface area contributed by atoms with Gasteiger partial charge in [0.05, 0.1) is 46.9 Å². The average molecular weight is 1170 g/mol. The van der Waals surface area contributed by atoms with E-state index >= 15 is 0 Å². The molecule has 22 rings (SSSR count). The minimum atomic E-state index is -4.28. The van der Waals surface area contributed by atoms with Crippen molar-refractivity contribution in [3.8, 4) is 23.7 Å². The number of rotatable bonds is 12. The second-order valence-corrected chi connectivity index (χ2v) is 25.6. The number of esters is 4. The van der Waals surface area contributed by atoms with Crippen LogP contribution in [0, 0.1) is 23.7 Å². The van der Waals surface area contributed by atoms with E-state index in [9.17, 15) is 57.0 Å². The fraction of sp³-hybridized carbons (Fsp3) is 0.214. The van der Waals surface area contributed by atoms with E-state index in [-0.39, 0.29) is 66.8 Å². The molecule has 16 heterocycles. The quantitative estimate of drug-likeness (QED) is 0.0384. The van der Waals surface area contributed by atoms with Gasteiger partial charge in [0, 0.05) is 50.7 Å². The molecule has 0 spiro atoms. The molecule has 0 radical (unpaired) electrons. The first-order valence-electron chi connectivity index (χ1n) is 23.9. The van der Waals surface area contributed by atoms with Crippen molar-refractivity contribution in [2.75, 3.05) is 28.4 Å². The van der Waals surface area contributed by atoms with Crippen LogP contribution in [0.2, 0.25) is 0 Å². The molecular formula is C56H52O20P4. The smallest absolute Gasteiger partial charge is 0.338 e. The fourth-order valence-electron chi connectivity index (χ4n) is 7.78. The van der Waals surface area contributed by atoms with Crippen molar-refractivity contribution in [1.82, 2.24) is 0 Å². The predicted octanol–water partition coefficient (Wildman–Crippen LogP) is 9.55. The Morgan fingerprint density at radius 2 is 0.525 bits per heavy atom. The molecule has 0 saturated heterocycles. The number of hydrogen-bond acceptors (Lipinski definition) is 16. The van der Waals surface area contributed by atoms with E-state index in [2.05, 4.69) is 23.7 Å². The Kier molecular flexibility index (Phi) is 20.0. The maximum Gasteiger partial charge on any atom is 0.338 e. The van der Waals surface area contributed by atoms with Gasteiger partial charge < -0.3 is 56.6 Å². The molecule has 4 atom stereocenters. The summed E-state index contributed by atoms with van der Waals surface area (Å²) in [6.45, 7) is -1.86. The molecule has 4 unspecified atom stereocenters. The summed E-state index contributed by atoms with van der Waals surface area (Å²) in [5.74, 6) is 8.72. The van der Waals surface area contributed by atoms with Crippen molar-refractivity contribution >= 4 is 54.3 Å². The van der Waals surface area contributed by atoms with E-state index in [1.165, 1.54) is 72.8 Å². The van der Waals surface area contributed by atoms with Crippen LogP contribution in [0.5, 0.6) is 0 Å². The molecule has 20 nitrogen and oxygen atoms in total. The highest BCUT2D eigenvalue weighted by molar-refractivity contribution is 7.52. The van der Waals surface area contributed by atoms with Gasteiger partial charge in [-0.05, 0) is 142 Å². The third kappa shape index (κ3) is 17.0. The first kappa shape index (κ1) is 60.6. The number of benzene rings is 6. The maximum atomic E-state index is 13.4. The van der Waals surface area contributed by atoms with Crippen molar-refractivity contribution in [3.05, 3.63) is 210 Å². The van der Waals surface area contributed by atoms with Crippen molar-refractivity contribution in [3.63, 3.8) is 0 Å². The standard InChI is InChI=1S/C56H52O20P4/c1-69-77(61,62)33-49-25-46-30-74-54(58)42-19-11-38(12-20-42)7-8-40-15-23-44(24-16-40)56(60)76-32-48-28-51(35-79(65,66)71-3)47(27-52(48)36-80(67,68)72-4)31-75-55(59)43-21-13-39(14-22-43)6-5-37-9-17-41(18-10-37)53(57)73-29-45(49)26-50(46)34-78(63,64)70-2/h9-28H,29-36H2,1-4H3,(H,61,62)(H,63,64)(H,65,66)(H,67,68). The highest BCUT2D eigenvalue weighted by Crippen LogP contribution is 2.50. The molecule has 0 saturated carbocycles. The zero-order chi connectivity index (χ0) is 57.8. The molecule has 16 aliphatic heterocycles. The number of carbonyl (C=O) groups excluding carboxylic acids is 4. The van der Waals surface area contributed by atoms with E-state index < -0.39 is 105 Å². The van der Waals surface area contributed by atoms with E-state index in [4.69, 9.17) is 37.0 Å². The Hall–Kier alpha value is -7.08. The zero-order valence-electron chi connectivity index (χ0n) is 43.3. The average Bonchev–Trinajstić information content (AvgIpc) is 3.51. The lowest BCUT2D eigenvalue weighted by molar-refractivity contribution is 0.0459. The van der Waals surface area contributed by atoms with Crippen LogP contribution in [0.15, 0.2) is 121 Å². The second kappa shape index (κ2) is 26.5. The summed E-state index contributed by atoms with van der Waals surface area (Å²) >= 11 is 0. The first-order chi connectivity index (χ1) is 38.0. The Morgan fingerprint density at radius 3 is 0.688 bits per heavy atom. The van der Waals surface area contributed by atoms with Gasteiger partial charge in [0.25, 0.3) is 0 Å². The van der Waals surface area contributed by atoms with Gasteiger partial charge in [0.1, 0.15) is 26.4 Å². The van der Waals surface area contributed by atoms with E-state index in [0.29, 0.717) is 22.3 Å². The van der Waals surface area contributed by atoms with Crippen LogP contribution in [0.25, 0.3) is 0 Å². The summed E-state index contributed by atoms with van der Waals surface area (Å²) in [5.41, 5.74) is 3.79. The first-order valence-corrected chi connectivity index (χ1v) is 30.9. The molecule has 4 N–H and O–H groups in total. The fourth-order valence-corrected chi connectivity index (χ4v) is 11.2. The largest absolute Gasteiger partial charge is 0.457 e. The Morgan fingerprint density at radius 1 is 0.350 bits per heavy atom. The van der Waals surface area contributed by atoms with E-state index in [1.807, 2.05) is 0 Å². The lowest BCUT2D eigenvalue weighted by Crippen LogP contribution is -2.11. The zero-order valence-corrected chi connectivity index (χ0v) is 46.9. The molecule has 0 amide bonds. The minimum Gasteiger partial charge on any atom is -0.457 e. The topological polar surface area (TPSA) is 291 Å². The van der Waals surface area contributed by atoms with Gasteiger partial charge in [0.15, 0.2) is 0 Å². The lowest BCUT2D eigenvalue weighted by Gasteiger charge is -2.19. The van der Waals surface area contributed by atoms with Crippen LogP contribution in [0.3, 0.4) is 0 Å². The van der Waals surface area contributed by atoms with E-state index in [0.717, 1.165) is 28.4 Å². The molecule has 0 fully saturated rings. The molecule has 6 aromatic carbocycles. The maximum absolute atomic E-state index is 13.4. The highest BCUT2D eigenvalue weighted by atomic mass is 31.2. The number of carbonyl (C=O) groups is 4. The monoisotopic (exact) mass is 1170 g/mol. The van der Waals surface area contributed by atoms with Crippen LogP contribution in [-0.2, 0) is 106 Å². The Balaban J connectivity index is 1.22. The van der Waals surface area contributed by atoms with Crippen molar-refractivity contribution in [2.24, 2.45) is 0 Å². The van der Waals surface area contributed by atoms with E-state index in [1.54, 1.807) is 48.5 Å². The van der Waals surface area contributed by atoms with Crippen molar-refractivity contribution in [1.29, 1.82) is 0 Å². The SMILES string of the molecule is COP(=O)(O)Cc1cc2c(CP(=O)(O)OC)cc1COC(=O)c1ccc(cc1)C#Cc1ccc(cc1)C(=O)OCc1cc(CP(=O)(O)OC)c(cc1CP(=O)(O)OC)COC(=O)c1ccc(cc1)C#Cc1ccc(cc1)C(=O)OC2. The van der Waals surface area contributed by atoms with Gasteiger partial charge in [-0.3, -0.25) is 18.3 Å². The summed E-state index contributed by atoms with van der Waals surface area (Å²) in [4.78, 5) is 95.7. The molecule has 80 heavy (non-hydrogen) atoms. The summed E-state index contributed by atoms with van der Waals surface area (Å²) in [6.07, 6.45) is -2.29. The normalized spacial score (nSPS) is 16.3. The molecule has 0 aromatic heterocycles. The Labute approximate surface area is 460 Å². The predicted molar refractivity (Wildman–Crippen MR) is 289 cm³/mol. The molecule has 16 aliphatic rings. The summed E-state index contributed by atoms with van der Waals surface area (Å²) in [7, 11) is -12.9. The van der Waals surface area contributed by atoms with Crippen LogP contribution < -0.4 is 0 Å². The molecule has 6 aromatic rings. The van der Waals surface area contributed by atoms with Gasteiger partial charge in [-0.25, -0.2) is 19.2 Å². The molecule has 416 valence electrons. The van der Waals surface area contributed by atoms with Crippen LogP contribution in [0.1, 0.15) is 108 Å². The van der Waals surface area contributed by atoms with Crippen LogP contribution in [0.4, 0.5) is 0 Å². The van der Waals surface area contributed by atoms with Gasteiger partial charge >= 0.3 is 54.3 Å². The Bertz CT molecular complexity index is 3170. The summed E-state index contributed by atoms with van der Waals surface area (Å²) in [5, 5.41) is 0. The second-order valence-electron chi connectivity index (χ2n) is 17.8. The lowest BCUT2D eigenvalue weighted by atomic mass is 10.0. The third-order valence-corrected chi connectivity index (χ3v) is 17.5. The van der Waals surface area contributed by atoms with Gasteiger partial charge in [-0.1, -0.05) is 47.9 Å². The minimum absolute atomic E-state index is 0.115. The number of ether oxygens (including phenoxy) is 4. The van der Waals surface area contributed by atoms with Crippen molar-refractivity contribution < 1.29 is 94.1 Å². The van der Waals surface area contributed by atoms with Gasteiger partial charge in [0.2, 0.25) is 0 Å². The number of hydrogen-bond donors (Lipinski definition) is 4. The van der Waals surface area contributed by atoms with Crippen LogP contribution in [-0.4, -0.2) is 71.9 Å². The third-order valence-electron chi connectivity index (χ3n) is 12.3. The van der Waals surface area contributed by atoms with Crippen LogP contribution >= 0.6 is 30.4 Å². The molecule has 0 aliphatic carbocycles. The molecule has 12 bridgehead atoms. The van der Waals surface area contributed by atoms with Gasteiger partial charge in [-0.15, -0.1) is 0 Å². The van der Waals surface area contributed by atoms with Gasteiger partial charge in [-0.2, -0.15) is 0 Å². The summed E-state index contributed by atoms with van der Waals surface area (Å²) in [6, 6.07) is 29.8. The molecular weight excluding hydrogens is 1120 g/mol. The highest BCUT2D eigenvalue weighted by Gasteiger charge is 2.28. The summed E-state index contributed by atoms with van der Waals surface area (Å²) < 4.78 is 93.6. The van der Waals surface area contributed by atoms with Crippen molar-refractivity contribution in [2.45, 2.75) is 51.1 Å². The molecule has 24 heteroatoms.